The van der Waals surface area contributed by atoms with Gasteiger partial charge in [0.15, 0.2) is 6.29 Å². The Kier molecular flexibility index (Phi) is 8.59. The van der Waals surface area contributed by atoms with E-state index in [1.54, 1.807) is 0 Å². The standard InChI is InChI=1S/C14H29NO3/c1-3-17-14(18-4-2)9-10-15-13-8-6-5-7-12(13)11-16/h12-16H,3-11H2,1-2H3. The summed E-state index contributed by atoms with van der Waals surface area (Å²) < 4.78 is 11.0. The van der Waals surface area contributed by atoms with Gasteiger partial charge in [-0.3, -0.25) is 0 Å². The highest BCUT2D eigenvalue weighted by atomic mass is 16.7. The van der Waals surface area contributed by atoms with Gasteiger partial charge in [-0.2, -0.15) is 0 Å². The molecule has 18 heavy (non-hydrogen) atoms. The first-order valence-corrected chi connectivity index (χ1v) is 7.39. The molecule has 0 radical (unpaired) electrons. The number of rotatable bonds is 9. The minimum absolute atomic E-state index is 0.0938. The molecule has 0 aromatic rings. The van der Waals surface area contributed by atoms with Crippen molar-refractivity contribution in [2.24, 2.45) is 5.92 Å². The van der Waals surface area contributed by atoms with Crippen molar-refractivity contribution in [1.29, 1.82) is 0 Å². The average Bonchev–Trinajstić information content (AvgIpc) is 2.40. The highest BCUT2D eigenvalue weighted by Crippen LogP contribution is 2.23. The maximum atomic E-state index is 9.35. The molecular formula is C14H29NO3. The Hall–Kier alpha value is -0.160. The first kappa shape index (κ1) is 15.9. The smallest absolute Gasteiger partial charge is 0.158 e. The van der Waals surface area contributed by atoms with Crippen LogP contribution in [-0.4, -0.2) is 43.8 Å². The molecule has 0 aliphatic heterocycles. The minimum atomic E-state index is -0.0938. The molecule has 0 saturated heterocycles. The van der Waals surface area contributed by atoms with Crippen LogP contribution in [0.15, 0.2) is 0 Å². The summed E-state index contributed by atoms with van der Waals surface area (Å²) in [6.07, 6.45) is 5.63. The second kappa shape index (κ2) is 9.73. The summed E-state index contributed by atoms with van der Waals surface area (Å²) in [5.41, 5.74) is 0. The zero-order valence-corrected chi connectivity index (χ0v) is 11.9. The molecular weight excluding hydrogens is 230 g/mol. The van der Waals surface area contributed by atoms with Gasteiger partial charge in [-0.1, -0.05) is 12.8 Å². The summed E-state index contributed by atoms with van der Waals surface area (Å²) in [6, 6.07) is 0.465. The van der Waals surface area contributed by atoms with Gasteiger partial charge in [-0.25, -0.2) is 0 Å². The number of aliphatic hydroxyl groups is 1. The van der Waals surface area contributed by atoms with Crippen LogP contribution in [0.5, 0.6) is 0 Å². The van der Waals surface area contributed by atoms with E-state index in [0.29, 0.717) is 31.8 Å². The van der Waals surface area contributed by atoms with Crippen LogP contribution in [0.1, 0.15) is 46.0 Å². The highest BCUT2D eigenvalue weighted by molar-refractivity contribution is 4.80. The number of hydrogen-bond donors (Lipinski definition) is 2. The van der Waals surface area contributed by atoms with Crippen molar-refractivity contribution in [3.63, 3.8) is 0 Å². The van der Waals surface area contributed by atoms with Crippen molar-refractivity contribution in [2.75, 3.05) is 26.4 Å². The molecule has 108 valence electrons. The maximum Gasteiger partial charge on any atom is 0.158 e. The van der Waals surface area contributed by atoms with Gasteiger partial charge in [-0.15, -0.1) is 0 Å². The van der Waals surface area contributed by atoms with Crippen molar-refractivity contribution in [3.05, 3.63) is 0 Å². The van der Waals surface area contributed by atoms with E-state index in [1.165, 1.54) is 19.3 Å². The quantitative estimate of drug-likeness (QED) is 0.621. The van der Waals surface area contributed by atoms with E-state index in [4.69, 9.17) is 9.47 Å². The Morgan fingerprint density at radius 2 is 1.83 bits per heavy atom. The summed E-state index contributed by atoms with van der Waals surface area (Å²) in [5, 5.41) is 12.9. The Morgan fingerprint density at radius 3 is 2.44 bits per heavy atom. The van der Waals surface area contributed by atoms with Crippen molar-refractivity contribution in [1.82, 2.24) is 5.32 Å². The van der Waals surface area contributed by atoms with Gasteiger partial charge >= 0.3 is 0 Å². The predicted molar refractivity (Wildman–Crippen MR) is 72.5 cm³/mol. The Morgan fingerprint density at radius 1 is 1.17 bits per heavy atom. The molecule has 1 rings (SSSR count). The van der Waals surface area contributed by atoms with Crippen LogP contribution >= 0.6 is 0 Å². The summed E-state index contributed by atoms with van der Waals surface area (Å²) in [5.74, 6) is 0.427. The zero-order valence-electron chi connectivity index (χ0n) is 11.9. The third kappa shape index (κ3) is 5.65. The summed E-state index contributed by atoms with van der Waals surface area (Å²) in [4.78, 5) is 0. The van der Waals surface area contributed by atoms with Crippen LogP contribution in [0.25, 0.3) is 0 Å². The topological polar surface area (TPSA) is 50.7 Å². The van der Waals surface area contributed by atoms with Gasteiger partial charge in [0.05, 0.1) is 0 Å². The Bertz CT molecular complexity index is 195. The van der Waals surface area contributed by atoms with Crippen molar-refractivity contribution in [2.45, 2.75) is 58.3 Å². The molecule has 0 heterocycles. The highest BCUT2D eigenvalue weighted by Gasteiger charge is 2.23. The third-order valence-electron chi connectivity index (χ3n) is 3.64. The molecule has 0 bridgehead atoms. The molecule has 4 nitrogen and oxygen atoms in total. The molecule has 0 aromatic carbocycles. The fraction of sp³-hybridized carbons (Fsp3) is 1.00. The van der Waals surface area contributed by atoms with Gasteiger partial charge in [0.1, 0.15) is 0 Å². The summed E-state index contributed by atoms with van der Waals surface area (Å²) >= 11 is 0. The molecule has 2 N–H and O–H groups in total. The lowest BCUT2D eigenvalue weighted by molar-refractivity contribution is -0.139. The zero-order chi connectivity index (χ0) is 13.2. The second-order valence-electron chi connectivity index (χ2n) is 4.92. The summed E-state index contributed by atoms with van der Waals surface area (Å²) in [7, 11) is 0. The number of nitrogens with one attached hydrogen (secondary N) is 1. The van der Waals surface area contributed by atoms with Gasteiger partial charge in [0.25, 0.3) is 0 Å². The third-order valence-corrected chi connectivity index (χ3v) is 3.64. The molecule has 1 aliphatic rings. The number of aliphatic hydroxyl groups excluding tert-OH is 1. The molecule has 0 aromatic heterocycles. The van der Waals surface area contributed by atoms with Crippen LogP contribution in [-0.2, 0) is 9.47 Å². The molecule has 1 saturated carbocycles. The predicted octanol–water partition coefficient (Wildman–Crippen LogP) is 1.92. The molecule has 4 heteroatoms. The molecule has 0 amide bonds. The van der Waals surface area contributed by atoms with Crippen molar-refractivity contribution >= 4 is 0 Å². The minimum Gasteiger partial charge on any atom is -0.396 e. The van der Waals surface area contributed by atoms with E-state index in [9.17, 15) is 5.11 Å². The normalized spacial score (nSPS) is 24.7. The van der Waals surface area contributed by atoms with Gasteiger partial charge in [0, 0.05) is 38.8 Å². The molecule has 2 unspecified atom stereocenters. The monoisotopic (exact) mass is 259 g/mol. The first-order valence-electron chi connectivity index (χ1n) is 7.39. The van der Waals surface area contributed by atoms with Gasteiger partial charge in [0.2, 0.25) is 0 Å². The molecule has 1 fully saturated rings. The van der Waals surface area contributed by atoms with Crippen LogP contribution in [0, 0.1) is 5.92 Å². The van der Waals surface area contributed by atoms with Gasteiger partial charge < -0.3 is 19.9 Å². The van der Waals surface area contributed by atoms with E-state index >= 15 is 0 Å². The van der Waals surface area contributed by atoms with E-state index < -0.39 is 0 Å². The van der Waals surface area contributed by atoms with Crippen molar-refractivity contribution < 1.29 is 14.6 Å². The van der Waals surface area contributed by atoms with Crippen molar-refractivity contribution in [3.8, 4) is 0 Å². The maximum absolute atomic E-state index is 9.35. The van der Waals surface area contributed by atoms with Gasteiger partial charge in [-0.05, 0) is 32.6 Å². The molecule has 0 spiro atoms. The second-order valence-corrected chi connectivity index (χ2v) is 4.92. The lowest BCUT2D eigenvalue weighted by Gasteiger charge is -2.31. The average molecular weight is 259 g/mol. The van der Waals surface area contributed by atoms with Crippen LogP contribution < -0.4 is 5.32 Å². The Labute approximate surface area is 111 Å². The molecule has 2 atom stereocenters. The number of hydrogen-bond acceptors (Lipinski definition) is 4. The Balaban J connectivity index is 2.21. The fourth-order valence-electron chi connectivity index (χ4n) is 2.67. The van der Waals surface area contributed by atoms with E-state index in [2.05, 4.69) is 5.32 Å². The summed E-state index contributed by atoms with van der Waals surface area (Å²) in [6.45, 7) is 6.55. The van der Waals surface area contributed by atoms with E-state index in [1.807, 2.05) is 13.8 Å². The lowest BCUT2D eigenvalue weighted by atomic mass is 9.85. The first-order chi connectivity index (χ1) is 8.81. The van der Waals surface area contributed by atoms with Crippen LogP contribution in [0.4, 0.5) is 0 Å². The molecule has 1 aliphatic carbocycles. The number of ether oxygens (including phenoxy) is 2. The largest absolute Gasteiger partial charge is 0.396 e. The van der Waals surface area contributed by atoms with Crippen LogP contribution in [0.3, 0.4) is 0 Å². The fourth-order valence-corrected chi connectivity index (χ4v) is 2.67. The lowest BCUT2D eigenvalue weighted by Crippen LogP contribution is -2.41. The van der Waals surface area contributed by atoms with E-state index in [0.717, 1.165) is 19.4 Å². The van der Waals surface area contributed by atoms with Crippen LogP contribution in [0.2, 0.25) is 0 Å². The van der Waals surface area contributed by atoms with E-state index in [-0.39, 0.29) is 6.29 Å². The SMILES string of the molecule is CCOC(CCNC1CCCCC1CO)OCC.